The Morgan fingerprint density at radius 3 is 1.91 bits per heavy atom. The van der Waals surface area contributed by atoms with Crippen molar-refractivity contribution in [1.82, 2.24) is 0 Å². The van der Waals surface area contributed by atoms with Gasteiger partial charge in [-0.1, -0.05) is 78.1 Å². The number of hydrogen-bond donors (Lipinski definition) is 2. The number of carbonyl (C=O) groups is 3. The molecule has 3 N–H and O–H groups in total. The molecule has 2 heterocycles. The van der Waals surface area contributed by atoms with E-state index in [4.69, 9.17) is 19.3 Å². The molecule has 0 spiro atoms. The van der Waals surface area contributed by atoms with Gasteiger partial charge in [-0.2, -0.15) is 18.6 Å². The third kappa shape index (κ3) is 16.8. The van der Waals surface area contributed by atoms with E-state index < -0.39 is 60.5 Å². The first-order chi connectivity index (χ1) is 21.3. The van der Waals surface area contributed by atoms with Crippen LogP contribution in [-0.2, 0) is 48.7 Å². The molecule has 0 radical (unpaired) electrons. The van der Waals surface area contributed by atoms with Gasteiger partial charge in [-0.05, 0) is 25.3 Å². The van der Waals surface area contributed by atoms with Crippen molar-refractivity contribution in [3.8, 4) is 0 Å². The Morgan fingerprint density at radius 1 is 0.978 bits per heavy atom. The summed E-state index contributed by atoms with van der Waals surface area (Å²) in [5.74, 6) is -3.43. The molecule has 0 aliphatic carbocycles. The van der Waals surface area contributed by atoms with Crippen molar-refractivity contribution >= 4 is 66.0 Å². The molecular weight excluding hydrogens is 641 g/mol. The quantitative estimate of drug-likeness (QED) is 0.0607. The van der Waals surface area contributed by atoms with Gasteiger partial charge in [0.15, 0.2) is 5.25 Å². The maximum atomic E-state index is 12.0. The number of cyclic esters (lactones) is 1. The summed E-state index contributed by atoms with van der Waals surface area (Å²) >= 11 is 1.31. The van der Waals surface area contributed by atoms with Gasteiger partial charge in [0.1, 0.15) is 5.92 Å². The number of ether oxygens (including phenoxy) is 3. The monoisotopic (exact) mass is 691 g/mol. The number of hydrogen-bond acceptors (Lipinski definition) is 12. The average molecular weight is 692 g/mol. The molecule has 3 atom stereocenters. The van der Waals surface area contributed by atoms with Crippen LogP contribution >= 0.6 is 0 Å². The van der Waals surface area contributed by atoms with Gasteiger partial charge in [-0.25, -0.2) is 13.6 Å². The number of azo groups is 1. The third-order valence-corrected chi connectivity index (χ3v) is 9.45. The van der Waals surface area contributed by atoms with Crippen LogP contribution < -0.4 is 5.14 Å². The predicted molar refractivity (Wildman–Crippen MR) is 169 cm³/mol. The molecule has 14 nitrogen and oxygen atoms in total. The van der Waals surface area contributed by atoms with Crippen molar-refractivity contribution in [2.24, 2.45) is 21.3 Å². The SMILES string of the molecule is CCCCCCCCOC(=O)CC(C(=O)OCCCCCCCC)S(=O)(=O)O.NS(=O)(=O)C1(C2CCOC2=O)C=CN=N1.[CH3][Na]. The fraction of sp³-hybridized carbons (Fsp3) is 0.821. The van der Waals surface area contributed by atoms with Crippen LogP contribution in [0.1, 0.15) is 104 Å². The Labute approximate surface area is 285 Å². The second-order valence-corrected chi connectivity index (χ2v) is 13.8. The molecule has 2 aliphatic heterocycles. The Bertz CT molecular complexity index is 1150. The van der Waals surface area contributed by atoms with Crippen LogP contribution in [0.5, 0.6) is 0 Å². The van der Waals surface area contributed by atoms with Gasteiger partial charge in [0.05, 0.1) is 26.2 Å². The van der Waals surface area contributed by atoms with E-state index in [0.717, 1.165) is 57.8 Å². The fourth-order valence-corrected chi connectivity index (χ4v) is 6.12. The first-order valence-corrected chi connectivity index (χ1v) is 20.9. The summed E-state index contributed by atoms with van der Waals surface area (Å²) in [6, 6.07) is 0. The number of nitrogens with zero attached hydrogens (tertiary/aromatic N) is 2. The molecule has 3 unspecified atom stereocenters. The van der Waals surface area contributed by atoms with Gasteiger partial charge in [0.25, 0.3) is 10.1 Å². The van der Waals surface area contributed by atoms with E-state index in [0.29, 0.717) is 12.8 Å². The Kier molecular flexibility index (Phi) is 23.1. The number of unbranched alkanes of at least 4 members (excludes halogenated alkanes) is 10. The van der Waals surface area contributed by atoms with Gasteiger partial charge in [-0.3, -0.25) is 18.9 Å². The molecule has 0 saturated carbocycles. The van der Waals surface area contributed by atoms with E-state index in [-0.39, 0.29) is 26.2 Å². The Balaban J connectivity index is 0.000000944. The maximum absolute atomic E-state index is 12.0. The van der Waals surface area contributed by atoms with Crippen LogP contribution in [0.25, 0.3) is 0 Å². The zero-order chi connectivity index (χ0) is 34.4. The van der Waals surface area contributed by atoms with E-state index in [1.807, 2.05) is 0 Å². The topological polar surface area (TPSA) is 218 Å². The summed E-state index contributed by atoms with van der Waals surface area (Å²) in [4.78, 5) is 33.4. The zero-order valence-electron chi connectivity index (χ0n) is 27.1. The van der Waals surface area contributed by atoms with Crippen molar-refractivity contribution in [2.75, 3.05) is 19.8 Å². The van der Waals surface area contributed by atoms with Gasteiger partial charge in [0, 0.05) is 6.20 Å². The van der Waals surface area contributed by atoms with Crippen LogP contribution in [0, 0.1) is 5.92 Å². The standard InChI is InChI=1S/C20H38O7S.C7H9N3O4S.CH3.Na/c1-3-5-7-9-11-13-15-26-19(21)17-18(28(23,24)25)20(22)27-16-14-12-10-8-6-4-2;8-15(12,13)7(2-3-9-10-7)5-1-4-14-6(5)11;;/h18H,3-17H2,1-2H3,(H,23,24,25);2-3,5H,1,4H2,(H2,8,12,13);1H3;. The van der Waals surface area contributed by atoms with E-state index in [9.17, 15) is 35.8 Å². The molecule has 2 rings (SSSR count). The summed E-state index contributed by atoms with van der Waals surface area (Å²) in [6.07, 6.45) is 14.1. The fourth-order valence-electron chi connectivity index (χ4n) is 4.44. The van der Waals surface area contributed by atoms with Crippen LogP contribution in [0.3, 0.4) is 0 Å². The minimum atomic E-state index is -4.73. The first kappa shape index (κ1) is 43.6. The van der Waals surface area contributed by atoms with Gasteiger partial charge in [-0.15, -0.1) is 0 Å². The van der Waals surface area contributed by atoms with Crippen LogP contribution in [0.2, 0.25) is 4.17 Å². The van der Waals surface area contributed by atoms with Crippen molar-refractivity contribution < 1.29 is 50.0 Å². The molecule has 0 amide bonds. The van der Waals surface area contributed by atoms with Crippen molar-refractivity contribution in [2.45, 2.75) is 118 Å². The second kappa shape index (κ2) is 23.8. The summed E-state index contributed by atoms with van der Waals surface area (Å²) < 4.78 is 71.8. The number of primary sulfonamides is 1. The van der Waals surface area contributed by atoms with Crippen molar-refractivity contribution in [3.05, 3.63) is 12.3 Å². The summed E-state index contributed by atoms with van der Waals surface area (Å²) in [6.45, 7) is 4.69. The van der Waals surface area contributed by atoms with Crippen LogP contribution in [-0.4, -0.2) is 97.2 Å². The number of sulfonamides is 1. The normalized spacial score (nSPS) is 19.5. The molecule has 1 saturated heterocycles. The van der Waals surface area contributed by atoms with Crippen LogP contribution in [0.4, 0.5) is 0 Å². The third-order valence-electron chi connectivity index (χ3n) is 6.96. The minimum absolute atomic E-state index is 0.0732. The number of rotatable bonds is 20. The Morgan fingerprint density at radius 2 is 1.49 bits per heavy atom. The van der Waals surface area contributed by atoms with E-state index >= 15 is 0 Å². The van der Waals surface area contributed by atoms with E-state index in [1.54, 1.807) is 0 Å². The Hall–Kier alpha value is -1.43. The number of esters is 3. The molecule has 0 bridgehead atoms. The molecule has 45 heavy (non-hydrogen) atoms. The van der Waals surface area contributed by atoms with Gasteiger partial charge >= 0.3 is 50.0 Å². The van der Waals surface area contributed by atoms with Gasteiger partial charge in [0.2, 0.25) is 14.9 Å². The first-order valence-electron chi connectivity index (χ1n) is 15.9. The average Bonchev–Trinajstić information content (AvgIpc) is 3.65. The van der Waals surface area contributed by atoms with Crippen LogP contribution in [0.15, 0.2) is 22.5 Å². The molecule has 256 valence electrons. The molecule has 17 heteroatoms. The predicted octanol–water partition coefficient (Wildman–Crippen LogP) is 4.16. The molecule has 2 aliphatic rings. The number of carbonyl (C=O) groups excluding carboxylic acids is 3. The van der Waals surface area contributed by atoms with Crippen molar-refractivity contribution in [1.29, 1.82) is 0 Å². The molecule has 1 fully saturated rings. The molecule has 0 aromatic rings. The molecular formula is C28H50N3NaO11S2. The van der Waals surface area contributed by atoms with E-state index in [2.05, 4.69) is 28.2 Å². The van der Waals surface area contributed by atoms with Gasteiger partial charge < -0.3 is 14.2 Å². The molecule has 0 aromatic heterocycles. The summed E-state index contributed by atoms with van der Waals surface area (Å²) in [7, 11) is -8.76. The van der Waals surface area contributed by atoms with E-state index in [1.165, 1.54) is 46.6 Å². The molecule has 0 aromatic carbocycles. The van der Waals surface area contributed by atoms with Crippen molar-refractivity contribution in [3.63, 3.8) is 0 Å². The zero-order valence-corrected chi connectivity index (χ0v) is 30.8. The summed E-state index contributed by atoms with van der Waals surface area (Å²) in [5.41, 5.74) is 0. The second-order valence-electron chi connectivity index (χ2n) is 10.5. The number of nitrogens with two attached hydrogens (primary N) is 1. The summed E-state index contributed by atoms with van der Waals surface area (Å²) in [5, 5.41) is 10.2.